The minimum absolute atomic E-state index is 0.0119. The van der Waals surface area contributed by atoms with Gasteiger partial charge in [-0.15, -0.1) is 10.2 Å². The highest BCUT2D eigenvalue weighted by molar-refractivity contribution is 5.98. The highest BCUT2D eigenvalue weighted by Crippen LogP contribution is 2.24. The SMILES string of the molecule is Cc1nnc(C(=O)C2CCCN2C(=O)CN(C)C2CCCCC2)o1. The Labute approximate surface area is 142 Å². The van der Waals surface area contributed by atoms with Gasteiger partial charge in [0.15, 0.2) is 0 Å². The third-order valence-electron chi connectivity index (χ3n) is 5.20. The molecule has 1 aliphatic carbocycles. The van der Waals surface area contributed by atoms with Gasteiger partial charge in [0, 0.05) is 19.5 Å². The highest BCUT2D eigenvalue weighted by Gasteiger charge is 2.37. The Bertz CT molecular complexity index is 594. The summed E-state index contributed by atoms with van der Waals surface area (Å²) in [6.45, 7) is 2.65. The second kappa shape index (κ2) is 7.42. The van der Waals surface area contributed by atoms with E-state index in [-0.39, 0.29) is 17.6 Å². The quantitative estimate of drug-likeness (QED) is 0.764. The van der Waals surface area contributed by atoms with E-state index in [2.05, 4.69) is 15.1 Å². The Morgan fingerprint density at radius 2 is 1.92 bits per heavy atom. The van der Waals surface area contributed by atoms with Crippen LogP contribution in [0.15, 0.2) is 4.42 Å². The van der Waals surface area contributed by atoms with Crippen LogP contribution in [0.3, 0.4) is 0 Å². The molecule has 1 aliphatic heterocycles. The molecule has 2 aliphatic rings. The van der Waals surface area contributed by atoms with Crippen molar-refractivity contribution in [2.45, 2.75) is 64.0 Å². The summed E-state index contributed by atoms with van der Waals surface area (Å²) in [6.07, 6.45) is 7.60. The minimum Gasteiger partial charge on any atom is -0.419 e. The first-order chi connectivity index (χ1) is 11.6. The molecule has 0 spiro atoms. The maximum Gasteiger partial charge on any atom is 0.286 e. The third-order valence-corrected chi connectivity index (χ3v) is 5.20. The van der Waals surface area contributed by atoms with E-state index in [0.29, 0.717) is 31.4 Å². The van der Waals surface area contributed by atoms with Crippen molar-refractivity contribution in [3.63, 3.8) is 0 Å². The second-order valence-electron chi connectivity index (χ2n) is 6.94. The van der Waals surface area contributed by atoms with Gasteiger partial charge in [0.1, 0.15) is 6.04 Å². The molecule has 3 rings (SSSR count). The van der Waals surface area contributed by atoms with Crippen molar-refractivity contribution in [1.29, 1.82) is 0 Å². The van der Waals surface area contributed by atoms with Gasteiger partial charge in [-0.25, -0.2) is 0 Å². The molecule has 7 heteroatoms. The Hall–Kier alpha value is -1.76. The monoisotopic (exact) mass is 334 g/mol. The first kappa shape index (κ1) is 17.1. The lowest BCUT2D eigenvalue weighted by Crippen LogP contribution is -2.47. The van der Waals surface area contributed by atoms with Gasteiger partial charge in [0.05, 0.1) is 6.54 Å². The van der Waals surface area contributed by atoms with E-state index in [4.69, 9.17) is 4.42 Å². The van der Waals surface area contributed by atoms with Crippen molar-refractivity contribution in [2.24, 2.45) is 0 Å². The van der Waals surface area contributed by atoms with Gasteiger partial charge >= 0.3 is 0 Å². The van der Waals surface area contributed by atoms with E-state index in [0.717, 1.165) is 19.3 Å². The van der Waals surface area contributed by atoms with Crippen LogP contribution in [0.4, 0.5) is 0 Å². The summed E-state index contributed by atoms with van der Waals surface area (Å²) < 4.78 is 5.24. The first-order valence-corrected chi connectivity index (χ1v) is 8.90. The van der Waals surface area contributed by atoms with E-state index in [1.54, 1.807) is 11.8 Å². The van der Waals surface area contributed by atoms with Crippen LogP contribution in [0.2, 0.25) is 0 Å². The van der Waals surface area contributed by atoms with Crippen LogP contribution in [0.25, 0.3) is 0 Å². The fourth-order valence-electron chi connectivity index (χ4n) is 3.83. The van der Waals surface area contributed by atoms with Crippen LogP contribution in [-0.4, -0.2) is 63.9 Å². The molecule has 1 unspecified atom stereocenters. The summed E-state index contributed by atoms with van der Waals surface area (Å²) in [6, 6.07) is 0.0233. The van der Waals surface area contributed by atoms with Crippen molar-refractivity contribution in [3.05, 3.63) is 11.8 Å². The summed E-state index contributed by atoms with van der Waals surface area (Å²) in [4.78, 5) is 29.1. The molecule has 24 heavy (non-hydrogen) atoms. The summed E-state index contributed by atoms with van der Waals surface area (Å²) in [5, 5.41) is 7.51. The van der Waals surface area contributed by atoms with Crippen molar-refractivity contribution < 1.29 is 14.0 Å². The number of amides is 1. The normalized spacial score (nSPS) is 22.3. The zero-order chi connectivity index (χ0) is 17.1. The van der Waals surface area contributed by atoms with E-state index < -0.39 is 6.04 Å². The Morgan fingerprint density at radius 3 is 2.58 bits per heavy atom. The van der Waals surface area contributed by atoms with Gasteiger partial charge in [-0.3, -0.25) is 14.5 Å². The lowest BCUT2D eigenvalue weighted by molar-refractivity contribution is -0.133. The lowest BCUT2D eigenvalue weighted by atomic mass is 9.94. The number of rotatable bonds is 5. The zero-order valence-corrected chi connectivity index (χ0v) is 14.5. The number of nitrogens with zero attached hydrogens (tertiary/aromatic N) is 4. The number of Topliss-reactive ketones (excluding diaryl/α,β-unsaturated/α-hetero) is 1. The fourth-order valence-corrected chi connectivity index (χ4v) is 3.83. The average molecular weight is 334 g/mol. The van der Waals surface area contributed by atoms with Gasteiger partial charge in [0.2, 0.25) is 17.6 Å². The van der Waals surface area contributed by atoms with E-state index in [9.17, 15) is 9.59 Å². The number of likely N-dealkylation sites (tertiary alicyclic amines) is 1. The van der Waals surface area contributed by atoms with Crippen molar-refractivity contribution in [1.82, 2.24) is 20.0 Å². The molecule has 132 valence electrons. The van der Waals surface area contributed by atoms with Crippen LogP contribution >= 0.6 is 0 Å². The molecule has 0 N–H and O–H groups in total. The van der Waals surface area contributed by atoms with Gasteiger partial charge in [-0.1, -0.05) is 19.3 Å². The maximum absolute atomic E-state index is 12.7. The number of hydrogen-bond acceptors (Lipinski definition) is 6. The minimum atomic E-state index is -0.461. The third kappa shape index (κ3) is 3.66. The average Bonchev–Trinajstić information content (AvgIpc) is 3.24. The second-order valence-corrected chi connectivity index (χ2v) is 6.94. The van der Waals surface area contributed by atoms with Gasteiger partial charge in [-0.05, 0) is 32.7 Å². The first-order valence-electron chi connectivity index (χ1n) is 8.90. The zero-order valence-electron chi connectivity index (χ0n) is 14.5. The number of aryl methyl sites for hydroxylation is 1. The summed E-state index contributed by atoms with van der Waals surface area (Å²) >= 11 is 0. The number of aromatic nitrogens is 2. The molecule has 7 nitrogen and oxygen atoms in total. The maximum atomic E-state index is 12.7. The predicted molar refractivity (Wildman–Crippen MR) is 87.6 cm³/mol. The molecule has 1 amide bonds. The number of likely N-dealkylation sites (N-methyl/N-ethyl adjacent to an activating group) is 1. The number of carbonyl (C=O) groups is 2. The van der Waals surface area contributed by atoms with E-state index >= 15 is 0 Å². The molecule has 1 atom stereocenters. The van der Waals surface area contributed by atoms with Crippen LogP contribution < -0.4 is 0 Å². The van der Waals surface area contributed by atoms with Gasteiger partial charge in [-0.2, -0.15) is 0 Å². The van der Waals surface area contributed by atoms with E-state index in [1.807, 2.05) is 7.05 Å². The van der Waals surface area contributed by atoms with Crippen molar-refractivity contribution in [2.75, 3.05) is 20.1 Å². The summed E-state index contributed by atoms with van der Waals surface area (Å²) in [7, 11) is 2.02. The number of ketones is 1. The molecule has 2 heterocycles. The van der Waals surface area contributed by atoms with Crippen molar-refractivity contribution >= 4 is 11.7 Å². The molecular formula is C17H26N4O3. The smallest absolute Gasteiger partial charge is 0.286 e. The molecule has 1 aromatic rings. The van der Waals surface area contributed by atoms with Crippen LogP contribution in [0.1, 0.15) is 61.5 Å². The van der Waals surface area contributed by atoms with Gasteiger partial charge in [0.25, 0.3) is 5.89 Å². The Kier molecular flexibility index (Phi) is 5.28. The largest absolute Gasteiger partial charge is 0.419 e. The molecule has 0 radical (unpaired) electrons. The molecule has 0 aromatic carbocycles. The standard InChI is InChI=1S/C17H26N4O3/c1-12-18-19-17(24-12)16(23)14-9-6-10-21(14)15(22)11-20(2)13-7-4-3-5-8-13/h13-14H,3-11H2,1-2H3. The molecular weight excluding hydrogens is 308 g/mol. The van der Waals surface area contributed by atoms with Crippen LogP contribution in [0.5, 0.6) is 0 Å². The highest BCUT2D eigenvalue weighted by atomic mass is 16.4. The van der Waals surface area contributed by atoms with E-state index in [1.165, 1.54) is 19.3 Å². The lowest BCUT2D eigenvalue weighted by Gasteiger charge is -2.32. The summed E-state index contributed by atoms with van der Waals surface area (Å²) in [5.74, 6) is 0.168. The molecule has 1 saturated heterocycles. The Balaban J connectivity index is 1.61. The number of hydrogen-bond donors (Lipinski definition) is 0. The fraction of sp³-hybridized carbons (Fsp3) is 0.765. The summed E-state index contributed by atoms with van der Waals surface area (Å²) in [5.41, 5.74) is 0. The predicted octanol–water partition coefficient (Wildman–Crippen LogP) is 1.82. The van der Waals surface area contributed by atoms with Crippen LogP contribution in [0, 0.1) is 6.92 Å². The molecule has 0 bridgehead atoms. The van der Waals surface area contributed by atoms with Crippen LogP contribution in [-0.2, 0) is 4.79 Å². The molecule has 1 aromatic heterocycles. The topological polar surface area (TPSA) is 79.5 Å². The Morgan fingerprint density at radius 1 is 1.17 bits per heavy atom. The molecule has 1 saturated carbocycles. The van der Waals surface area contributed by atoms with Gasteiger partial charge < -0.3 is 9.32 Å². The number of carbonyl (C=O) groups excluding carboxylic acids is 2. The molecule has 2 fully saturated rings. The van der Waals surface area contributed by atoms with Crippen molar-refractivity contribution in [3.8, 4) is 0 Å².